The van der Waals surface area contributed by atoms with E-state index in [2.05, 4.69) is 11.9 Å². The third-order valence-electron chi connectivity index (χ3n) is 4.18. The minimum atomic E-state index is -0.388. The van der Waals surface area contributed by atoms with Gasteiger partial charge < -0.3 is 9.47 Å². The highest BCUT2D eigenvalue weighted by Gasteiger charge is 2.16. The lowest BCUT2D eigenvalue weighted by Crippen LogP contribution is -2.09. The molecule has 0 unspecified atom stereocenters. The third kappa shape index (κ3) is 5.17. The maximum Gasteiger partial charge on any atom is 0.342 e. The predicted octanol–water partition coefficient (Wildman–Crippen LogP) is 5.28. The molecule has 27 heavy (non-hydrogen) atoms. The number of benzene rings is 2. The number of esters is 1. The number of pyridine rings is 1. The smallest absolute Gasteiger partial charge is 0.342 e. The van der Waals surface area contributed by atoms with Gasteiger partial charge in [0.1, 0.15) is 17.9 Å². The monoisotopic (exact) mass is 361 g/mol. The van der Waals surface area contributed by atoms with Crippen LogP contribution in [0.25, 0.3) is 11.1 Å². The SMILES string of the molecule is CCCCOc1ccc(-c2ccncc2)cc1C(=O)OCc1ccccc1. The van der Waals surface area contributed by atoms with Crippen LogP contribution in [0.5, 0.6) is 5.75 Å². The van der Waals surface area contributed by atoms with Crippen molar-refractivity contribution in [3.63, 3.8) is 0 Å². The van der Waals surface area contributed by atoms with Gasteiger partial charge in [0.05, 0.1) is 6.61 Å². The largest absolute Gasteiger partial charge is 0.493 e. The van der Waals surface area contributed by atoms with Crippen LogP contribution in [-0.2, 0) is 11.3 Å². The lowest BCUT2D eigenvalue weighted by Gasteiger charge is -2.13. The molecule has 0 aliphatic heterocycles. The number of unbranched alkanes of at least 4 members (excludes halogenated alkanes) is 1. The van der Waals surface area contributed by atoms with Gasteiger partial charge in [-0.25, -0.2) is 4.79 Å². The van der Waals surface area contributed by atoms with E-state index in [9.17, 15) is 4.79 Å². The number of rotatable bonds is 8. The molecule has 1 aromatic heterocycles. The Balaban J connectivity index is 1.83. The standard InChI is InChI=1S/C23H23NO3/c1-2-3-15-26-22-10-9-20(19-11-13-24-14-12-19)16-21(22)23(25)27-17-18-7-5-4-6-8-18/h4-14,16H,2-3,15,17H2,1H3. The Morgan fingerprint density at radius 2 is 1.74 bits per heavy atom. The van der Waals surface area contributed by atoms with E-state index in [0.717, 1.165) is 29.5 Å². The van der Waals surface area contributed by atoms with Crippen molar-refractivity contribution in [2.24, 2.45) is 0 Å². The van der Waals surface area contributed by atoms with E-state index < -0.39 is 0 Å². The van der Waals surface area contributed by atoms with Crippen molar-refractivity contribution in [2.45, 2.75) is 26.4 Å². The van der Waals surface area contributed by atoms with E-state index in [1.165, 1.54) is 0 Å². The van der Waals surface area contributed by atoms with Gasteiger partial charge in [-0.3, -0.25) is 4.98 Å². The van der Waals surface area contributed by atoms with Crippen molar-refractivity contribution < 1.29 is 14.3 Å². The average molecular weight is 361 g/mol. The number of hydrogen-bond acceptors (Lipinski definition) is 4. The second-order valence-electron chi connectivity index (χ2n) is 6.21. The molecule has 0 bridgehead atoms. The Bertz CT molecular complexity index is 863. The van der Waals surface area contributed by atoms with Crippen LogP contribution >= 0.6 is 0 Å². The van der Waals surface area contributed by atoms with E-state index in [-0.39, 0.29) is 12.6 Å². The summed E-state index contributed by atoms with van der Waals surface area (Å²) < 4.78 is 11.3. The van der Waals surface area contributed by atoms with Crippen LogP contribution in [-0.4, -0.2) is 17.6 Å². The van der Waals surface area contributed by atoms with Crippen molar-refractivity contribution in [1.82, 2.24) is 4.98 Å². The highest BCUT2D eigenvalue weighted by Crippen LogP contribution is 2.27. The molecular formula is C23H23NO3. The Morgan fingerprint density at radius 3 is 2.48 bits per heavy atom. The Kier molecular flexibility index (Phi) is 6.58. The minimum absolute atomic E-state index is 0.230. The molecule has 1 heterocycles. The molecule has 138 valence electrons. The summed E-state index contributed by atoms with van der Waals surface area (Å²) in [5, 5.41) is 0. The topological polar surface area (TPSA) is 48.4 Å². The lowest BCUT2D eigenvalue weighted by molar-refractivity contribution is 0.0468. The van der Waals surface area contributed by atoms with Crippen molar-refractivity contribution in [1.29, 1.82) is 0 Å². The molecule has 0 radical (unpaired) electrons. The first kappa shape index (κ1) is 18.6. The molecule has 0 fully saturated rings. The van der Waals surface area contributed by atoms with Crippen molar-refractivity contribution in [2.75, 3.05) is 6.61 Å². The predicted molar refractivity (Wildman–Crippen MR) is 106 cm³/mol. The van der Waals surface area contributed by atoms with Gasteiger partial charge in [0.15, 0.2) is 0 Å². The number of carbonyl (C=O) groups is 1. The fourth-order valence-electron chi connectivity index (χ4n) is 2.67. The molecule has 0 atom stereocenters. The summed E-state index contributed by atoms with van der Waals surface area (Å²) in [6.07, 6.45) is 5.43. The second kappa shape index (κ2) is 9.53. The van der Waals surface area contributed by atoms with E-state index in [4.69, 9.17) is 9.47 Å². The summed E-state index contributed by atoms with van der Waals surface area (Å²) in [6.45, 7) is 2.91. The van der Waals surface area contributed by atoms with Crippen LogP contribution < -0.4 is 4.74 Å². The first-order chi connectivity index (χ1) is 13.3. The number of aromatic nitrogens is 1. The van der Waals surface area contributed by atoms with Crippen LogP contribution in [0, 0.1) is 0 Å². The first-order valence-electron chi connectivity index (χ1n) is 9.16. The van der Waals surface area contributed by atoms with Crippen molar-refractivity contribution >= 4 is 5.97 Å². The van der Waals surface area contributed by atoms with Gasteiger partial charge in [0.25, 0.3) is 0 Å². The molecule has 3 rings (SSSR count). The molecule has 0 amide bonds. The lowest BCUT2D eigenvalue weighted by atomic mass is 10.0. The van der Waals surface area contributed by atoms with Crippen LogP contribution in [0.15, 0.2) is 73.1 Å². The van der Waals surface area contributed by atoms with E-state index in [1.807, 2.05) is 60.7 Å². The van der Waals surface area contributed by atoms with E-state index >= 15 is 0 Å². The van der Waals surface area contributed by atoms with Gasteiger partial charge in [0, 0.05) is 12.4 Å². The van der Waals surface area contributed by atoms with Crippen LogP contribution in [0.4, 0.5) is 0 Å². The summed E-state index contributed by atoms with van der Waals surface area (Å²) in [5.41, 5.74) is 3.30. The van der Waals surface area contributed by atoms with Gasteiger partial charge in [-0.2, -0.15) is 0 Å². The summed E-state index contributed by atoms with van der Waals surface area (Å²) in [6, 6.07) is 19.1. The highest BCUT2D eigenvalue weighted by atomic mass is 16.5. The molecule has 0 aliphatic rings. The second-order valence-corrected chi connectivity index (χ2v) is 6.21. The van der Waals surface area contributed by atoms with Gasteiger partial charge in [-0.15, -0.1) is 0 Å². The zero-order chi connectivity index (χ0) is 18.9. The van der Waals surface area contributed by atoms with E-state index in [0.29, 0.717) is 17.9 Å². The van der Waals surface area contributed by atoms with E-state index in [1.54, 1.807) is 12.4 Å². The minimum Gasteiger partial charge on any atom is -0.493 e. The molecule has 0 aliphatic carbocycles. The van der Waals surface area contributed by atoms with Crippen LogP contribution in [0.2, 0.25) is 0 Å². The molecule has 0 saturated carbocycles. The molecule has 0 saturated heterocycles. The number of nitrogens with zero attached hydrogens (tertiary/aromatic N) is 1. The van der Waals surface area contributed by atoms with Crippen molar-refractivity contribution in [3.05, 3.63) is 84.2 Å². The number of hydrogen-bond donors (Lipinski definition) is 0. The fourth-order valence-corrected chi connectivity index (χ4v) is 2.67. The first-order valence-corrected chi connectivity index (χ1v) is 9.16. The van der Waals surface area contributed by atoms with Gasteiger partial charge in [-0.1, -0.05) is 49.7 Å². The van der Waals surface area contributed by atoms with Crippen LogP contribution in [0.1, 0.15) is 35.7 Å². The molecule has 0 N–H and O–H groups in total. The van der Waals surface area contributed by atoms with Gasteiger partial charge >= 0.3 is 5.97 Å². The number of carbonyl (C=O) groups excluding carboxylic acids is 1. The fraction of sp³-hybridized carbons (Fsp3) is 0.217. The third-order valence-corrected chi connectivity index (χ3v) is 4.18. The molecule has 3 aromatic rings. The summed E-state index contributed by atoms with van der Waals surface area (Å²) in [5.74, 6) is 0.167. The van der Waals surface area contributed by atoms with Gasteiger partial charge in [0.2, 0.25) is 0 Å². The zero-order valence-electron chi connectivity index (χ0n) is 15.4. The number of ether oxygens (including phenoxy) is 2. The van der Waals surface area contributed by atoms with Crippen LogP contribution in [0.3, 0.4) is 0 Å². The van der Waals surface area contributed by atoms with Gasteiger partial charge in [-0.05, 0) is 47.4 Å². The zero-order valence-corrected chi connectivity index (χ0v) is 15.4. The molecular weight excluding hydrogens is 338 g/mol. The Hall–Kier alpha value is -3.14. The quantitative estimate of drug-likeness (QED) is 0.404. The highest BCUT2D eigenvalue weighted by molar-refractivity contribution is 5.94. The molecule has 2 aromatic carbocycles. The summed E-state index contributed by atoms with van der Waals surface area (Å²) >= 11 is 0. The average Bonchev–Trinajstić information content (AvgIpc) is 2.74. The molecule has 0 spiro atoms. The Morgan fingerprint density at radius 1 is 0.963 bits per heavy atom. The summed E-state index contributed by atoms with van der Waals surface area (Å²) in [7, 11) is 0. The maximum atomic E-state index is 12.7. The Labute approximate surface area is 159 Å². The molecule has 4 heteroatoms. The van der Waals surface area contributed by atoms with Crippen molar-refractivity contribution in [3.8, 4) is 16.9 Å². The molecule has 4 nitrogen and oxygen atoms in total. The summed E-state index contributed by atoms with van der Waals surface area (Å²) in [4.78, 5) is 16.8. The maximum absolute atomic E-state index is 12.7. The normalized spacial score (nSPS) is 10.4.